The molecule has 0 atom stereocenters. The van der Waals surface area contributed by atoms with E-state index in [1.807, 2.05) is 6.07 Å². The number of carbonyl (C=O) groups is 1. The van der Waals surface area contributed by atoms with Gasteiger partial charge in [-0.25, -0.2) is 4.99 Å². The van der Waals surface area contributed by atoms with Crippen molar-refractivity contribution < 1.29 is 4.79 Å². The van der Waals surface area contributed by atoms with Crippen LogP contribution in [0.25, 0.3) is 0 Å². The van der Waals surface area contributed by atoms with Crippen LogP contribution in [0.2, 0.25) is 0 Å². The van der Waals surface area contributed by atoms with Crippen LogP contribution in [0.15, 0.2) is 78.3 Å². The zero-order valence-corrected chi connectivity index (χ0v) is 12.6. The molecule has 7 nitrogen and oxygen atoms in total. The third-order valence-corrected chi connectivity index (χ3v) is 3.00. The summed E-state index contributed by atoms with van der Waals surface area (Å²) in [6.07, 6.45) is 6.49. The fraction of sp³-hybridized carbons (Fsp3) is 0. The first-order chi connectivity index (χ1) is 11.8. The molecule has 0 radical (unpaired) electrons. The summed E-state index contributed by atoms with van der Waals surface area (Å²) in [4.78, 5) is 28.8. The van der Waals surface area contributed by atoms with E-state index in [9.17, 15) is 4.79 Å². The Balaban J connectivity index is 1.81. The molecule has 24 heavy (non-hydrogen) atoms. The van der Waals surface area contributed by atoms with Crippen LogP contribution in [-0.4, -0.2) is 26.7 Å². The van der Waals surface area contributed by atoms with Crippen LogP contribution < -0.4 is 10.9 Å². The molecule has 0 saturated carbocycles. The zero-order chi connectivity index (χ0) is 16.6. The summed E-state index contributed by atoms with van der Waals surface area (Å²) in [5.41, 5.74) is 6.97. The fourth-order valence-corrected chi connectivity index (χ4v) is 1.88. The number of rotatable bonds is 3. The molecule has 2 N–H and O–H groups in total. The summed E-state index contributed by atoms with van der Waals surface area (Å²) in [7, 11) is 0. The van der Waals surface area contributed by atoms with Crippen molar-refractivity contribution in [1.82, 2.24) is 25.8 Å². The molecule has 0 bridgehead atoms. The molecule has 0 saturated heterocycles. The van der Waals surface area contributed by atoms with Crippen LogP contribution in [0.1, 0.15) is 16.2 Å². The maximum atomic E-state index is 12.1. The summed E-state index contributed by atoms with van der Waals surface area (Å²) in [5.74, 6) is 0.0417. The second kappa shape index (κ2) is 7.59. The number of hydrogen-bond acceptors (Lipinski definition) is 5. The molecule has 0 aliphatic heterocycles. The Morgan fingerprint density at radius 3 is 2.08 bits per heavy atom. The van der Waals surface area contributed by atoms with Crippen molar-refractivity contribution in [2.75, 3.05) is 0 Å². The Morgan fingerprint density at radius 1 is 0.792 bits per heavy atom. The summed E-state index contributed by atoms with van der Waals surface area (Å²) in [6, 6.07) is 14.1. The second-order valence-corrected chi connectivity index (χ2v) is 4.67. The molecule has 0 aliphatic rings. The van der Waals surface area contributed by atoms with E-state index in [0.717, 1.165) is 0 Å². The number of carbonyl (C=O) groups excluding carboxylic acids is 1. The standard InChI is InChI=1S/C17H14N6O/c24-17(15-6-2-4-10-20-15)23-22-16(14-5-1-3-9-19-14)21-13-7-11-18-12-8-13/h1-12H,(H,23,24)(H,18,21,22). The molecule has 3 aromatic rings. The van der Waals surface area contributed by atoms with Gasteiger partial charge in [0, 0.05) is 24.8 Å². The number of pyridine rings is 3. The van der Waals surface area contributed by atoms with Gasteiger partial charge in [-0.2, -0.15) is 0 Å². The molecule has 0 fully saturated rings. The van der Waals surface area contributed by atoms with Gasteiger partial charge in [0.15, 0.2) is 5.84 Å². The Morgan fingerprint density at radius 2 is 1.46 bits per heavy atom. The van der Waals surface area contributed by atoms with Gasteiger partial charge in [0.05, 0.1) is 5.69 Å². The van der Waals surface area contributed by atoms with E-state index in [4.69, 9.17) is 0 Å². The van der Waals surface area contributed by atoms with Crippen molar-refractivity contribution >= 4 is 17.4 Å². The minimum atomic E-state index is -0.367. The fourth-order valence-electron chi connectivity index (χ4n) is 1.88. The summed E-state index contributed by atoms with van der Waals surface area (Å²) >= 11 is 0. The first kappa shape index (κ1) is 15.3. The number of amides is 1. The highest BCUT2D eigenvalue weighted by Crippen LogP contribution is 2.10. The average molecular weight is 318 g/mol. The third-order valence-electron chi connectivity index (χ3n) is 3.00. The van der Waals surface area contributed by atoms with Gasteiger partial charge in [0.1, 0.15) is 11.4 Å². The maximum absolute atomic E-state index is 12.1. The summed E-state index contributed by atoms with van der Waals surface area (Å²) < 4.78 is 0. The number of hydrazine groups is 1. The monoisotopic (exact) mass is 318 g/mol. The van der Waals surface area contributed by atoms with Crippen molar-refractivity contribution in [2.24, 2.45) is 4.99 Å². The summed E-state index contributed by atoms with van der Waals surface area (Å²) in [6.45, 7) is 0. The van der Waals surface area contributed by atoms with E-state index in [0.29, 0.717) is 22.9 Å². The first-order valence-electron chi connectivity index (χ1n) is 7.20. The quantitative estimate of drug-likeness (QED) is 0.437. The number of nitrogens with zero attached hydrogens (tertiary/aromatic N) is 4. The first-order valence-corrected chi connectivity index (χ1v) is 7.20. The van der Waals surface area contributed by atoms with Crippen molar-refractivity contribution in [3.8, 4) is 0 Å². The number of aromatic nitrogens is 3. The smallest absolute Gasteiger partial charge is 0.280 e. The van der Waals surface area contributed by atoms with Gasteiger partial charge in [-0.15, -0.1) is 0 Å². The highest BCUT2D eigenvalue weighted by molar-refractivity contribution is 6.01. The van der Waals surface area contributed by atoms with Crippen molar-refractivity contribution in [3.05, 3.63) is 84.7 Å². The van der Waals surface area contributed by atoms with Crippen LogP contribution >= 0.6 is 0 Å². The molecule has 3 heterocycles. The second-order valence-electron chi connectivity index (χ2n) is 4.67. The van der Waals surface area contributed by atoms with Gasteiger partial charge in [0.25, 0.3) is 5.91 Å². The molecule has 3 aromatic heterocycles. The molecule has 0 unspecified atom stereocenters. The average Bonchev–Trinajstić information content (AvgIpc) is 2.67. The number of nitrogens with one attached hydrogen (secondary N) is 2. The van der Waals surface area contributed by atoms with E-state index in [-0.39, 0.29) is 5.91 Å². The van der Waals surface area contributed by atoms with Gasteiger partial charge < -0.3 is 0 Å². The van der Waals surface area contributed by atoms with E-state index >= 15 is 0 Å². The number of hydrogen-bond donors (Lipinski definition) is 2. The lowest BCUT2D eigenvalue weighted by Crippen LogP contribution is -2.42. The molecule has 1 amide bonds. The molecule has 118 valence electrons. The van der Waals surface area contributed by atoms with Crippen LogP contribution in [0, 0.1) is 0 Å². The Hall–Kier alpha value is -3.61. The molecular formula is C17H14N6O. The highest BCUT2D eigenvalue weighted by Gasteiger charge is 2.09. The number of amidine groups is 1. The van der Waals surface area contributed by atoms with E-state index in [1.54, 1.807) is 67.3 Å². The Labute approximate surface area is 138 Å². The van der Waals surface area contributed by atoms with Crippen LogP contribution in [-0.2, 0) is 0 Å². The van der Waals surface area contributed by atoms with Crippen molar-refractivity contribution in [1.29, 1.82) is 0 Å². The molecule has 3 rings (SSSR count). The molecular weight excluding hydrogens is 304 g/mol. The van der Waals surface area contributed by atoms with Crippen molar-refractivity contribution in [2.45, 2.75) is 0 Å². The van der Waals surface area contributed by atoms with Gasteiger partial charge in [-0.1, -0.05) is 12.1 Å². The SMILES string of the molecule is O=C(NNC(=Nc1ccncc1)c1ccccn1)c1ccccn1. The highest BCUT2D eigenvalue weighted by atomic mass is 16.2. The predicted molar refractivity (Wildman–Crippen MR) is 89.5 cm³/mol. The maximum Gasteiger partial charge on any atom is 0.288 e. The normalized spacial score (nSPS) is 10.9. The molecule has 0 aliphatic carbocycles. The van der Waals surface area contributed by atoms with Crippen molar-refractivity contribution in [3.63, 3.8) is 0 Å². The van der Waals surface area contributed by atoms with Crippen LogP contribution in [0.3, 0.4) is 0 Å². The Bertz CT molecular complexity index is 821. The minimum Gasteiger partial charge on any atom is -0.280 e. The van der Waals surface area contributed by atoms with Crippen LogP contribution in [0.4, 0.5) is 5.69 Å². The van der Waals surface area contributed by atoms with Gasteiger partial charge in [-0.3, -0.25) is 30.6 Å². The Kier molecular flexibility index (Phi) is 4.84. The van der Waals surface area contributed by atoms with E-state index in [2.05, 4.69) is 30.8 Å². The lowest BCUT2D eigenvalue weighted by atomic mass is 10.3. The van der Waals surface area contributed by atoms with Gasteiger partial charge in [0.2, 0.25) is 0 Å². The largest absolute Gasteiger partial charge is 0.288 e. The zero-order valence-electron chi connectivity index (χ0n) is 12.6. The lowest BCUT2D eigenvalue weighted by molar-refractivity contribution is 0.0939. The topological polar surface area (TPSA) is 92.2 Å². The predicted octanol–water partition coefficient (Wildman–Crippen LogP) is 1.88. The minimum absolute atomic E-state index is 0.300. The summed E-state index contributed by atoms with van der Waals surface area (Å²) in [5, 5.41) is 0. The van der Waals surface area contributed by atoms with Crippen LogP contribution in [0.5, 0.6) is 0 Å². The van der Waals surface area contributed by atoms with E-state index < -0.39 is 0 Å². The molecule has 0 aromatic carbocycles. The lowest BCUT2D eigenvalue weighted by Gasteiger charge is -2.10. The molecule has 0 spiro atoms. The third kappa shape index (κ3) is 3.98. The van der Waals surface area contributed by atoms with Gasteiger partial charge in [-0.05, 0) is 36.4 Å². The number of aliphatic imine (C=N–C) groups is 1. The molecule has 7 heteroatoms. The van der Waals surface area contributed by atoms with E-state index in [1.165, 1.54) is 0 Å². The van der Waals surface area contributed by atoms with Gasteiger partial charge >= 0.3 is 0 Å².